The molecule has 1 aliphatic rings. The monoisotopic (exact) mass is 510 g/mol. The quantitative estimate of drug-likeness (QED) is 0.183. The number of hydrogen-bond acceptors (Lipinski definition) is 6. The third kappa shape index (κ3) is 5.87. The third-order valence-corrected chi connectivity index (χ3v) is 7.69. The van der Waals surface area contributed by atoms with E-state index in [-0.39, 0.29) is 18.5 Å². The van der Waals surface area contributed by atoms with Crippen molar-refractivity contribution in [3.8, 4) is 11.5 Å². The fourth-order valence-corrected chi connectivity index (χ4v) is 5.51. The molecule has 0 radical (unpaired) electrons. The molecule has 0 bridgehead atoms. The lowest BCUT2D eigenvalue weighted by molar-refractivity contribution is 0.193. The number of rotatable bonds is 9. The van der Waals surface area contributed by atoms with Crippen LogP contribution in [0.3, 0.4) is 0 Å². The van der Waals surface area contributed by atoms with Crippen molar-refractivity contribution in [1.82, 2.24) is 4.90 Å². The van der Waals surface area contributed by atoms with Crippen molar-refractivity contribution in [2.24, 2.45) is 5.73 Å². The van der Waals surface area contributed by atoms with Gasteiger partial charge in [-0.05, 0) is 55.0 Å². The van der Waals surface area contributed by atoms with Crippen LogP contribution in [0.1, 0.15) is 37.2 Å². The van der Waals surface area contributed by atoms with Crippen molar-refractivity contribution in [2.75, 3.05) is 19.7 Å². The molecule has 4 rings (SSSR count). The zero-order chi connectivity index (χ0) is 25.9. The van der Waals surface area contributed by atoms with Crippen LogP contribution in [-0.2, 0) is 9.09 Å². The molecule has 0 amide bonds. The van der Waals surface area contributed by atoms with Crippen molar-refractivity contribution in [1.29, 1.82) is 10.8 Å². The van der Waals surface area contributed by atoms with Gasteiger partial charge in [0.15, 0.2) is 0 Å². The molecule has 3 atom stereocenters. The van der Waals surface area contributed by atoms with Gasteiger partial charge in [0.05, 0.1) is 19.0 Å². The van der Waals surface area contributed by atoms with Gasteiger partial charge in [0.1, 0.15) is 23.4 Å². The Morgan fingerprint density at radius 3 is 2.44 bits per heavy atom. The third-order valence-electron chi connectivity index (χ3n) is 6.07. The molecule has 0 spiro atoms. The molecule has 0 saturated carbocycles. The van der Waals surface area contributed by atoms with E-state index in [1.807, 2.05) is 17.0 Å². The summed E-state index contributed by atoms with van der Waals surface area (Å²) in [5.41, 5.74) is 6.67. The van der Waals surface area contributed by atoms with Gasteiger partial charge in [-0.25, -0.2) is 0 Å². The van der Waals surface area contributed by atoms with Crippen LogP contribution in [0.15, 0.2) is 60.7 Å². The first kappa shape index (κ1) is 25.7. The summed E-state index contributed by atoms with van der Waals surface area (Å²) in [5, 5.41) is 17.2. The molecule has 1 fully saturated rings. The Morgan fingerprint density at radius 1 is 1.11 bits per heavy atom. The lowest BCUT2D eigenvalue weighted by Gasteiger charge is -2.24. The highest BCUT2D eigenvalue weighted by atomic mass is 31.2. The summed E-state index contributed by atoms with van der Waals surface area (Å²) in [6.45, 7) is 4.92. The molecule has 0 aliphatic carbocycles. The van der Waals surface area contributed by atoms with Crippen LogP contribution in [0.25, 0.3) is 10.8 Å². The number of hydrogen-bond donors (Lipinski definition) is 4. The first-order valence-corrected chi connectivity index (χ1v) is 13.4. The fraction of sp³-hybridized carbons (Fsp3) is 0.308. The van der Waals surface area contributed by atoms with Gasteiger partial charge in [-0.2, -0.15) is 0 Å². The van der Waals surface area contributed by atoms with Gasteiger partial charge < -0.3 is 29.5 Å². The number of nitrogens with zero attached hydrogens (tertiary/aromatic N) is 1. The Balaban J connectivity index is 1.57. The lowest BCUT2D eigenvalue weighted by Crippen LogP contribution is -2.28. The predicted molar refractivity (Wildman–Crippen MR) is 140 cm³/mol. The van der Waals surface area contributed by atoms with Crippen molar-refractivity contribution >= 4 is 30.0 Å². The highest BCUT2D eigenvalue weighted by Gasteiger charge is 2.36. The van der Waals surface area contributed by atoms with Crippen LogP contribution in [0.2, 0.25) is 0 Å². The van der Waals surface area contributed by atoms with Crippen LogP contribution >= 0.6 is 7.60 Å². The fourth-order valence-electron chi connectivity index (χ4n) is 4.20. The average Bonchev–Trinajstić information content (AvgIpc) is 3.31. The summed E-state index contributed by atoms with van der Waals surface area (Å²) in [6.07, 6.45) is 0.806. The molecule has 1 saturated heterocycles. The molecule has 3 unspecified atom stereocenters. The smallest absolute Gasteiger partial charge is 0.372 e. The van der Waals surface area contributed by atoms with Crippen LogP contribution in [0.5, 0.6) is 11.5 Å². The molecule has 10 heteroatoms. The van der Waals surface area contributed by atoms with Crippen LogP contribution in [0, 0.1) is 10.8 Å². The summed E-state index contributed by atoms with van der Waals surface area (Å²) < 4.78 is 30.4. The van der Waals surface area contributed by atoms with E-state index in [1.165, 1.54) is 0 Å². The Hall–Kier alpha value is -3.39. The van der Waals surface area contributed by atoms with Gasteiger partial charge in [-0.3, -0.25) is 15.4 Å². The summed E-state index contributed by atoms with van der Waals surface area (Å²) in [6, 6.07) is 17.6. The van der Waals surface area contributed by atoms with Crippen LogP contribution in [-0.4, -0.2) is 47.3 Å². The molecular weight excluding hydrogens is 479 g/mol. The molecule has 190 valence electrons. The molecule has 1 heterocycles. The largest absolute Gasteiger partial charge is 0.489 e. The van der Waals surface area contributed by atoms with Crippen molar-refractivity contribution in [3.05, 3.63) is 71.8 Å². The SMILES string of the molecule is CCOP(=O)(O)C(Oc1ccc2ccc(C(=N)N)cc2c1)c1ccc(OC2CCN(C(C)=N)C2)cc1. The standard InChI is InChI=1S/C26H31N4O5P/c1-3-33-36(31,32)26(35-23-11-6-18-4-5-20(25(28)29)14-21(18)15-23)19-7-9-22(10-8-19)34-24-12-13-30(16-24)17(2)27/h4-11,14-15,24,26-27H,3,12-13,16H2,1-2H3,(H3,28,29)(H,31,32). The van der Waals surface area contributed by atoms with Gasteiger partial charge >= 0.3 is 7.60 Å². The van der Waals surface area contributed by atoms with Gasteiger partial charge in [0, 0.05) is 24.1 Å². The maximum absolute atomic E-state index is 13.1. The number of nitrogen functional groups attached to an aromatic ring is 1. The Morgan fingerprint density at radius 2 is 1.81 bits per heavy atom. The second-order valence-electron chi connectivity index (χ2n) is 8.72. The Labute approximate surface area is 210 Å². The molecule has 9 nitrogen and oxygen atoms in total. The highest BCUT2D eigenvalue weighted by Crippen LogP contribution is 2.57. The first-order chi connectivity index (χ1) is 17.2. The van der Waals surface area contributed by atoms with Crippen molar-refractivity contribution < 1.29 is 23.5 Å². The number of amidine groups is 2. The second-order valence-corrected chi connectivity index (χ2v) is 10.6. The van der Waals surface area contributed by atoms with Gasteiger partial charge in [-0.15, -0.1) is 0 Å². The number of likely N-dealkylation sites (tertiary alicyclic amines) is 1. The average molecular weight is 511 g/mol. The van der Waals surface area contributed by atoms with Crippen LogP contribution in [0.4, 0.5) is 0 Å². The number of benzene rings is 3. The topological polar surface area (TPSA) is 142 Å². The molecule has 0 aromatic heterocycles. The highest BCUT2D eigenvalue weighted by molar-refractivity contribution is 7.53. The lowest BCUT2D eigenvalue weighted by atomic mass is 10.1. The normalized spacial score (nSPS) is 18.0. The minimum absolute atomic E-state index is 0.0203. The van der Waals surface area contributed by atoms with Crippen molar-refractivity contribution in [2.45, 2.75) is 32.2 Å². The van der Waals surface area contributed by atoms with E-state index < -0.39 is 13.4 Å². The summed E-state index contributed by atoms with van der Waals surface area (Å²) >= 11 is 0. The molecule has 3 aromatic carbocycles. The molecule has 36 heavy (non-hydrogen) atoms. The number of ether oxygens (including phenoxy) is 2. The second kappa shape index (κ2) is 10.7. The summed E-state index contributed by atoms with van der Waals surface area (Å²) in [7, 11) is -4.19. The molecule has 5 N–H and O–H groups in total. The minimum atomic E-state index is -4.19. The maximum atomic E-state index is 13.1. The van der Waals surface area contributed by atoms with E-state index in [0.717, 1.165) is 23.7 Å². The Kier molecular flexibility index (Phi) is 7.64. The number of fused-ring (bicyclic) bond motifs is 1. The van der Waals surface area contributed by atoms with Gasteiger partial charge in [-0.1, -0.05) is 30.3 Å². The number of nitrogens with one attached hydrogen (secondary N) is 2. The van der Waals surface area contributed by atoms with Crippen molar-refractivity contribution in [3.63, 3.8) is 0 Å². The van der Waals surface area contributed by atoms with Gasteiger partial charge in [0.2, 0.25) is 5.85 Å². The van der Waals surface area contributed by atoms with Crippen LogP contribution < -0.4 is 15.2 Å². The van der Waals surface area contributed by atoms with Gasteiger partial charge in [0.25, 0.3) is 0 Å². The molecule has 1 aliphatic heterocycles. The molecular formula is C26H31N4O5P. The Bertz CT molecular complexity index is 1310. The summed E-state index contributed by atoms with van der Waals surface area (Å²) in [4.78, 5) is 12.7. The van der Waals surface area contributed by atoms with E-state index in [1.54, 1.807) is 62.4 Å². The predicted octanol–water partition coefficient (Wildman–Crippen LogP) is 4.87. The van der Waals surface area contributed by atoms with E-state index in [2.05, 4.69) is 0 Å². The summed E-state index contributed by atoms with van der Waals surface area (Å²) in [5.74, 6) is 0.256. The van der Waals surface area contributed by atoms with E-state index >= 15 is 0 Å². The number of nitrogens with two attached hydrogens (primary N) is 1. The first-order valence-electron chi connectivity index (χ1n) is 11.7. The molecule has 3 aromatic rings. The van der Waals surface area contributed by atoms with E-state index in [4.69, 9.17) is 30.5 Å². The minimum Gasteiger partial charge on any atom is -0.489 e. The zero-order valence-electron chi connectivity index (χ0n) is 20.3. The maximum Gasteiger partial charge on any atom is 0.372 e. The van der Waals surface area contributed by atoms with E-state index in [0.29, 0.717) is 35.0 Å². The zero-order valence-corrected chi connectivity index (χ0v) is 21.2. The van der Waals surface area contributed by atoms with E-state index in [9.17, 15) is 9.46 Å².